The molecule has 6 heteroatoms. The van der Waals surface area contributed by atoms with Gasteiger partial charge in [-0.3, -0.25) is 4.68 Å². The number of hydrogen-bond donors (Lipinski definition) is 1. The van der Waals surface area contributed by atoms with Gasteiger partial charge in [0.1, 0.15) is 5.82 Å². The van der Waals surface area contributed by atoms with Gasteiger partial charge < -0.3 is 19.7 Å². The fourth-order valence-corrected chi connectivity index (χ4v) is 3.87. The molecule has 1 aliphatic heterocycles. The Morgan fingerprint density at radius 1 is 1.14 bits per heavy atom. The first kappa shape index (κ1) is 21.8. The molecule has 1 atom stereocenters. The van der Waals surface area contributed by atoms with Crippen molar-refractivity contribution in [3.8, 4) is 0 Å². The summed E-state index contributed by atoms with van der Waals surface area (Å²) in [5, 5.41) is 8.44. The standard InChI is InChI=1S/C23H36N4O2/c1-18(2)22-21(23(26(4)25-22)27-12-15-28-16-13-27)17-24-11-8-14-29-19(3)20-9-6-5-7-10-20/h5-7,9-10,18-19,24H,8,11-17H2,1-4H3. The van der Waals surface area contributed by atoms with Gasteiger partial charge >= 0.3 is 0 Å². The van der Waals surface area contributed by atoms with E-state index in [-0.39, 0.29) is 6.10 Å². The second kappa shape index (κ2) is 10.8. The fraction of sp³-hybridized carbons (Fsp3) is 0.609. The number of nitrogens with one attached hydrogen (secondary N) is 1. The number of ether oxygens (including phenoxy) is 2. The SMILES string of the molecule is CC(C)c1nn(C)c(N2CCOCC2)c1CNCCCOC(C)c1ccccc1. The molecule has 0 saturated carbocycles. The van der Waals surface area contributed by atoms with E-state index in [1.165, 1.54) is 22.6 Å². The molecule has 1 fully saturated rings. The van der Waals surface area contributed by atoms with Crippen molar-refractivity contribution < 1.29 is 9.47 Å². The van der Waals surface area contributed by atoms with E-state index >= 15 is 0 Å². The van der Waals surface area contributed by atoms with Crippen LogP contribution in [0.1, 0.15) is 56.0 Å². The largest absolute Gasteiger partial charge is 0.378 e. The van der Waals surface area contributed by atoms with Crippen LogP contribution in [0.3, 0.4) is 0 Å². The Balaban J connectivity index is 1.50. The molecule has 1 saturated heterocycles. The minimum absolute atomic E-state index is 0.134. The van der Waals surface area contributed by atoms with Crippen molar-refractivity contribution in [2.45, 2.75) is 45.8 Å². The second-order valence-corrected chi connectivity index (χ2v) is 8.02. The molecule has 3 rings (SSSR count). The zero-order valence-electron chi connectivity index (χ0n) is 18.4. The van der Waals surface area contributed by atoms with Gasteiger partial charge in [0.25, 0.3) is 0 Å². The molecule has 0 spiro atoms. The lowest BCUT2D eigenvalue weighted by Crippen LogP contribution is -2.38. The number of morpholine rings is 1. The van der Waals surface area contributed by atoms with E-state index in [4.69, 9.17) is 14.6 Å². The van der Waals surface area contributed by atoms with Crippen LogP contribution in [0.2, 0.25) is 0 Å². The van der Waals surface area contributed by atoms with Crippen molar-refractivity contribution >= 4 is 5.82 Å². The Bertz CT molecular complexity index is 739. The maximum atomic E-state index is 5.99. The first-order valence-electron chi connectivity index (χ1n) is 10.8. The molecule has 0 radical (unpaired) electrons. The van der Waals surface area contributed by atoms with Crippen molar-refractivity contribution in [2.24, 2.45) is 7.05 Å². The summed E-state index contributed by atoms with van der Waals surface area (Å²) in [5.41, 5.74) is 3.74. The molecule has 1 aromatic heterocycles. The lowest BCUT2D eigenvalue weighted by atomic mass is 10.0. The van der Waals surface area contributed by atoms with Crippen LogP contribution in [0.25, 0.3) is 0 Å². The van der Waals surface area contributed by atoms with E-state index in [1.807, 2.05) is 10.7 Å². The van der Waals surface area contributed by atoms with Crippen LogP contribution >= 0.6 is 0 Å². The quantitative estimate of drug-likeness (QED) is 0.617. The highest BCUT2D eigenvalue weighted by molar-refractivity contribution is 5.51. The summed E-state index contributed by atoms with van der Waals surface area (Å²) in [6, 6.07) is 10.4. The van der Waals surface area contributed by atoms with Gasteiger partial charge in [0.05, 0.1) is 25.0 Å². The van der Waals surface area contributed by atoms with Crippen molar-refractivity contribution in [3.63, 3.8) is 0 Å². The van der Waals surface area contributed by atoms with Gasteiger partial charge in [0.15, 0.2) is 0 Å². The van der Waals surface area contributed by atoms with Crippen molar-refractivity contribution in [1.82, 2.24) is 15.1 Å². The summed E-state index contributed by atoms with van der Waals surface area (Å²) in [6.45, 7) is 12.5. The highest BCUT2D eigenvalue weighted by Gasteiger charge is 2.23. The maximum absolute atomic E-state index is 5.99. The Morgan fingerprint density at radius 3 is 2.55 bits per heavy atom. The van der Waals surface area contributed by atoms with Gasteiger partial charge in [-0.15, -0.1) is 0 Å². The van der Waals surface area contributed by atoms with Crippen LogP contribution in [0.15, 0.2) is 30.3 Å². The number of benzene rings is 1. The number of aromatic nitrogens is 2. The van der Waals surface area contributed by atoms with Gasteiger partial charge in [-0.05, 0) is 31.4 Å². The molecule has 1 aliphatic rings. The molecule has 160 valence electrons. The van der Waals surface area contributed by atoms with E-state index in [0.717, 1.165) is 52.4 Å². The zero-order valence-corrected chi connectivity index (χ0v) is 18.4. The van der Waals surface area contributed by atoms with Crippen LogP contribution in [-0.2, 0) is 23.1 Å². The van der Waals surface area contributed by atoms with Crippen LogP contribution in [-0.4, -0.2) is 49.2 Å². The van der Waals surface area contributed by atoms with E-state index in [2.05, 4.69) is 62.3 Å². The lowest BCUT2D eigenvalue weighted by Gasteiger charge is -2.29. The summed E-state index contributed by atoms with van der Waals surface area (Å²) in [4.78, 5) is 2.41. The molecule has 0 aliphatic carbocycles. The van der Waals surface area contributed by atoms with E-state index in [9.17, 15) is 0 Å². The number of nitrogens with zero attached hydrogens (tertiary/aromatic N) is 3. The second-order valence-electron chi connectivity index (χ2n) is 8.02. The van der Waals surface area contributed by atoms with Crippen molar-refractivity contribution in [2.75, 3.05) is 44.4 Å². The fourth-order valence-electron chi connectivity index (χ4n) is 3.87. The number of hydrogen-bond acceptors (Lipinski definition) is 5. The molecular formula is C23H36N4O2. The Kier molecular flexibility index (Phi) is 8.09. The molecule has 1 unspecified atom stereocenters. The molecule has 0 amide bonds. The molecule has 0 bridgehead atoms. The molecule has 1 N–H and O–H groups in total. The van der Waals surface area contributed by atoms with Crippen LogP contribution in [0.4, 0.5) is 5.82 Å². The minimum atomic E-state index is 0.134. The predicted molar refractivity (Wildman–Crippen MR) is 117 cm³/mol. The highest BCUT2D eigenvalue weighted by atomic mass is 16.5. The molecule has 2 heterocycles. The summed E-state index contributed by atoms with van der Waals surface area (Å²) >= 11 is 0. The van der Waals surface area contributed by atoms with E-state index in [1.54, 1.807) is 0 Å². The average Bonchev–Trinajstić information content (AvgIpc) is 3.08. The highest BCUT2D eigenvalue weighted by Crippen LogP contribution is 2.29. The van der Waals surface area contributed by atoms with Gasteiger partial charge in [0.2, 0.25) is 0 Å². The smallest absolute Gasteiger partial charge is 0.131 e. The minimum Gasteiger partial charge on any atom is -0.378 e. The number of aryl methyl sites for hydroxylation is 1. The first-order chi connectivity index (χ1) is 14.1. The Labute approximate surface area is 175 Å². The third-order valence-electron chi connectivity index (χ3n) is 5.44. The third-order valence-corrected chi connectivity index (χ3v) is 5.44. The third kappa shape index (κ3) is 5.81. The number of anilines is 1. The van der Waals surface area contributed by atoms with Crippen molar-refractivity contribution in [3.05, 3.63) is 47.2 Å². The molecule has 1 aromatic carbocycles. The summed E-state index contributed by atoms with van der Waals surface area (Å²) in [7, 11) is 2.05. The molecule has 2 aromatic rings. The summed E-state index contributed by atoms with van der Waals surface area (Å²) in [6.07, 6.45) is 1.12. The van der Waals surface area contributed by atoms with Crippen LogP contribution in [0, 0.1) is 0 Å². The average molecular weight is 401 g/mol. The normalized spacial score (nSPS) is 15.8. The zero-order chi connectivity index (χ0) is 20.6. The topological polar surface area (TPSA) is 51.5 Å². The predicted octanol–water partition coefficient (Wildman–Crippen LogP) is 3.64. The van der Waals surface area contributed by atoms with Gasteiger partial charge in [-0.25, -0.2) is 0 Å². The van der Waals surface area contributed by atoms with E-state index in [0.29, 0.717) is 5.92 Å². The van der Waals surface area contributed by atoms with Crippen molar-refractivity contribution in [1.29, 1.82) is 0 Å². The monoisotopic (exact) mass is 400 g/mol. The molecule has 29 heavy (non-hydrogen) atoms. The van der Waals surface area contributed by atoms with Crippen LogP contribution in [0.5, 0.6) is 0 Å². The molecular weight excluding hydrogens is 364 g/mol. The van der Waals surface area contributed by atoms with Gasteiger partial charge in [-0.2, -0.15) is 5.10 Å². The van der Waals surface area contributed by atoms with Gasteiger partial charge in [0, 0.05) is 38.9 Å². The first-order valence-corrected chi connectivity index (χ1v) is 10.8. The Hall–Kier alpha value is -1.89. The molecule has 6 nitrogen and oxygen atoms in total. The summed E-state index contributed by atoms with van der Waals surface area (Å²) in [5.74, 6) is 1.64. The van der Waals surface area contributed by atoms with Gasteiger partial charge in [-0.1, -0.05) is 44.2 Å². The lowest BCUT2D eigenvalue weighted by molar-refractivity contribution is 0.0640. The Morgan fingerprint density at radius 2 is 1.86 bits per heavy atom. The van der Waals surface area contributed by atoms with Crippen LogP contribution < -0.4 is 10.2 Å². The summed E-state index contributed by atoms with van der Waals surface area (Å²) < 4.78 is 13.6. The maximum Gasteiger partial charge on any atom is 0.131 e. The number of rotatable bonds is 10. The van der Waals surface area contributed by atoms with E-state index < -0.39 is 0 Å².